The van der Waals surface area contributed by atoms with Gasteiger partial charge in [0.05, 0.1) is 14.2 Å². The van der Waals surface area contributed by atoms with Gasteiger partial charge in [0.25, 0.3) is 0 Å². The molecule has 0 heterocycles. The van der Waals surface area contributed by atoms with E-state index >= 15 is 0 Å². The lowest BCUT2D eigenvalue weighted by Crippen LogP contribution is -2.03. The zero-order chi connectivity index (χ0) is 11.4. The maximum absolute atomic E-state index is 12.0. The molecule has 15 heavy (non-hydrogen) atoms. The van der Waals surface area contributed by atoms with E-state index in [0.717, 1.165) is 5.56 Å². The Balaban J connectivity index is 3.09. The van der Waals surface area contributed by atoms with Gasteiger partial charge in [0, 0.05) is 17.7 Å². The molecule has 0 spiro atoms. The zero-order valence-corrected chi connectivity index (χ0v) is 8.71. The maximum atomic E-state index is 12.0. The van der Waals surface area contributed by atoms with E-state index in [1.54, 1.807) is 6.92 Å². The Morgan fingerprint density at radius 3 is 1.87 bits per heavy atom. The highest BCUT2D eigenvalue weighted by Gasteiger charge is 2.11. The van der Waals surface area contributed by atoms with Crippen LogP contribution in [-0.4, -0.2) is 20.8 Å². The summed E-state index contributed by atoms with van der Waals surface area (Å²) in [6, 6.07) is 2.79. The van der Waals surface area contributed by atoms with Crippen molar-refractivity contribution in [1.82, 2.24) is 0 Å². The van der Waals surface area contributed by atoms with Crippen molar-refractivity contribution >= 4 is 0 Å². The molecule has 84 valence electrons. The van der Waals surface area contributed by atoms with E-state index in [2.05, 4.69) is 4.74 Å². The summed E-state index contributed by atoms with van der Waals surface area (Å²) in [5.41, 5.74) is 0.738. The molecule has 0 fully saturated rings. The van der Waals surface area contributed by atoms with E-state index in [1.165, 1.54) is 26.4 Å². The van der Waals surface area contributed by atoms with Gasteiger partial charge in [0.1, 0.15) is 17.2 Å². The van der Waals surface area contributed by atoms with Gasteiger partial charge in [-0.25, -0.2) is 0 Å². The van der Waals surface area contributed by atoms with E-state index in [0.29, 0.717) is 11.5 Å². The Labute approximate surface area is 86.6 Å². The molecule has 0 saturated carbocycles. The number of alkyl halides is 2. The van der Waals surface area contributed by atoms with Crippen LogP contribution in [0.5, 0.6) is 17.2 Å². The minimum Gasteiger partial charge on any atom is -0.496 e. The van der Waals surface area contributed by atoms with Crippen LogP contribution < -0.4 is 14.2 Å². The molecule has 1 rings (SSSR count). The van der Waals surface area contributed by atoms with Crippen LogP contribution in [0, 0.1) is 6.92 Å². The van der Waals surface area contributed by atoms with Crippen molar-refractivity contribution in [1.29, 1.82) is 0 Å². The summed E-state index contributed by atoms with van der Waals surface area (Å²) in [7, 11) is 2.90. The molecule has 0 unspecified atom stereocenters. The molecule has 0 aliphatic rings. The molecule has 0 aliphatic carbocycles. The highest BCUT2D eigenvalue weighted by atomic mass is 19.3. The van der Waals surface area contributed by atoms with Gasteiger partial charge in [-0.15, -0.1) is 0 Å². The Kier molecular flexibility index (Phi) is 3.71. The Morgan fingerprint density at radius 2 is 1.53 bits per heavy atom. The normalized spacial score (nSPS) is 10.3. The molecule has 1 aromatic carbocycles. The fourth-order valence-corrected chi connectivity index (χ4v) is 1.23. The molecule has 0 N–H and O–H groups in total. The molecular formula is C10H12F2O3. The van der Waals surface area contributed by atoms with Gasteiger partial charge in [0.2, 0.25) is 0 Å². The molecule has 0 aliphatic heterocycles. The van der Waals surface area contributed by atoms with Gasteiger partial charge in [0.15, 0.2) is 0 Å². The van der Waals surface area contributed by atoms with Gasteiger partial charge in [-0.2, -0.15) is 8.78 Å². The first kappa shape index (κ1) is 11.6. The van der Waals surface area contributed by atoms with Crippen LogP contribution in [0.4, 0.5) is 8.78 Å². The lowest BCUT2D eigenvalue weighted by Gasteiger charge is -2.12. The minimum atomic E-state index is -2.86. The minimum absolute atomic E-state index is 0.0179. The van der Waals surface area contributed by atoms with Crippen molar-refractivity contribution in [2.24, 2.45) is 0 Å². The first-order valence-electron chi connectivity index (χ1n) is 4.26. The molecule has 0 saturated heterocycles. The highest BCUT2D eigenvalue weighted by Crippen LogP contribution is 2.33. The molecule has 3 nitrogen and oxygen atoms in total. The summed E-state index contributed by atoms with van der Waals surface area (Å²) in [6.45, 7) is -1.09. The van der Waals surface area contributed by atoms with Crippen LogP contribution in [0.25, 0.3) is 0 Å². The van der Waals surface area contributed by atoms with E-state index in [1.807, 2.05) is 0 Å². The third kappa shape index (κ3) is 2.71. The maximum Gasteiger partial charge on any atom is 0.387 e. The van der Waals surface area contributed by atoms with E-state index in [4.69, 9.17) is 9.47 Å². The number of ether oxygens (including phenoxy) is 3. The number of rotatable bonds is 4. The first-order valence-corrected chi connectivity index (χ1v) is 4.26. The smallest absolute Gasteiger partial charge is 0.387 e. The fourth-order valence-electron chi connectivity index (χ4n) is 1.23. The lowest BCUT2D eigenvalue weighted by atomic mass is 10.2. The third-order valence-corrected chi connectivity index (χ3v) is 1.95. The molecule has 0 amide bonds. The molecular weight excluding hydrogens is 206 g/mol. The van der Waals surface area contributed by atoms with Crippen molar-refractivity contribution in [3.8, 4) is 17.2 Å². The van der Waals surface area contributed by atoms with Crippen LogP contribution in [0.15, 0.2) is 12.1 Å². The van der Waals surface area contributed by atoms with Crippen LogP contribution in [0.1, 0.15) is 5.56 Å². The molecule has 5 heteroatoms. The third-order valence-electron chi connectivity index (χ3n) is 1.95. The predicted molar refractivity (Wildman–Crippen MR) is 50.9 cm³/mol. The average molecular weight is 218 g/mol. The first-order chi connectivity index (χ1) is 7.08. The summed E-state index contributed by atoms with van der Waals surface area (Å²) in [5.74, 6) is 0.916. The molecule has 1 aromatic rings. The van der Waals surface area contributed by atoms with Crippen LogP contribution >= 0.6 is 0 Å². The van der Waals surface area contributed by atoms with Gasteiger partial charge >= 0.3 is 6.61 Å². The van der Waals surface area contributed by atoms with Gasteiger partial charge in [-0.1, -0.05) is 0 Å². The monoisotopic (exact) mass is 218 g/mol. The zero-order valence-electron chi connectivity index (χ0n) is 8.71. The SMILES string of the molecule is COc1cc(OC(F)F)cc(OC)c1C. The van der Waals surface area contributed by atoms with Crippen molar-refractivity contribution in [2.75, 3.05) is 14.2 Å². The van der Waals surface area contributed by atoms with Crippen molar-refractivity contribution in [3.05, 3.63) is 17.7 Å². The second kappa shape index (κ2) is 4.82. The number of hydrogen-bond donors (Lipinski definition) is 0. The Morgan fingerprint density at radius 1 is 1.07 bits per heavy atom. The standard InChI is InChI=1S/C10H12F2O3/c1-6-8(13-2)4-7(15-10(11)12)5-9(6)14-3/h4-5,10H,1-3H3. The molecule has 0 atom stereocenters. The molecule has 0 bridgehead atoms. The van der Waals surface area contributed by atoms with Crippen molar-refractivity contribution < 1.29 is 23.0 Å². The summed E-state index contributed by atoms with van der Waals surface area (Å²) < 4.78 is 38.2. The lowest BCUT2D eigenvalue weighted by molar-refractivity contribution is -0.0500. The van der Waals surface area contributed by atoms with Crippen molar-refractivity contribution in [2.45, 2.75) is 13.5 Å². The van der Waals surface area contributed by atoms with E-state index in [9.17, 15) is 8.78 Å². The summed E-state index contributed by atoms with van der Waals surface area (Å²) in [4.78, 5) is 0. The quantitative estimate of drug-likeness (QED) is 0.777. The average Bonchev–Trinajstić information content (AvgIpc) is 2.19. The Bertz CT molecular complexity index is 314. The number of hydrogen-bond acceptors (Lipinski definition) is 3. The Hall–Kier alpha value is -1.52. The van der Waals surface area contributed by atoms with E-state index in [-0.39, 0.29) is 5.75 Å². The van der Waals surface area contributed by atoms with Crippen LogP contribution in [-0.2, 0) is 0 Å². The summed E-state index contributed by atoms with van der Waals surface area (Å²) in [5, 5.41) is 0. The second-order valence-electron chi connectivity index (χ2n) is 2.83. The van der Waals surface area contributed by atoms with E-state index < -0.39 is 6.61 Å². The van der Waals surface area contributed by atoms with Gasteiger partial charge < -0.3 is 14.2 Å². The molecule has 0 aromatic heterocycles. The predicted octanol–water partition coefficient (Wildman–Crippen LogP) is 2.61. The van der Waals surface area contributed by atoms with Crippen LogP contribution in [0.2, 0.25) is 0 Å². The number of methoxy groups -OCH3 is 2. The van der Waals surface area contributed by atoms with Gasteiger partial charge in [-0.3, -0.25) is 0 Å². The number of halogens is 2. The topological polar surface area (TPSA) is 27.7 Å². The largest absolute Gasteiger partial charge is 0.496 e. The van der Waals surface area contributed by atoms with Crippen LogP contribution in [0.3, 0.4) is 0 Å². The molecule has 0 radical (unpaired) electrons. The highest BCUT2D eigenvalue weighted by molar-refractivity contribution is 5.49. The van der Waals surface area contributed by atoms with Gasteiger partial charge in [-0.05, 0) is 6.92 Å². The van der Waals surface area contributed by atoms with Crippen molar-refractivity contribution in [3.63, 3.8) is 0 Å². The fraction of sp³-hybridized carbons (Fsp3) is 0.400. The number of benzene rings is 1. The summed E-state index contributed by atoms with van der Waals surface area (Å²) >= 11 is 0. The second-order valence-corrected chi connectivity index (χ2v) is 2.83. The summed E-state index contributed by atoms with van der Waals surface area (Å²) in [6.07, 6.45) is 0.